The highest BCUT2D eigenvalue weighted by Crippen LogP contribution is 2.15. The molecule has 0 spiro atoms. The second kappa shape index (κ2) is 13.0. The van der Waals surface area contributed by atoms with Crippen molar-refractivity contribution < 1.29 is 4.74 Å². The van der Waals surface area contributed by atoms with Crippen LogP contribution < -0.4 is 10.6 Å². The van der Waals surface area contributed by atoms with Crippen LogP contribution in [0.15, 0.2) is 53.8 Å². The summed E-state index contributed by atoms with van der Waals surface area (Å²) in [6.45, 7) is 12.7. The lowest BCUT2D eigenvalue weighted by Crippen LogP contribution is -2.44. The lowest BCUT2D eigenvalue weighted by Gasteiger charge is -2.35. The number of halogens is 1. The van der Waals surface area contributed by atoms with Crippen LogP contribution in [-0.2, 0) is 24.4 Å². The maximum Gasteiger partial charge on any atom is 0.191 e. The summed E-state index contributed by atoms with van der Waals surface area (Å²) in [5.74, 6) is 0.861. The molecule has 1 aliphatic heterocycles. The smallest absolute Gasteiger partial charge is 0.191 e. The Hall–Kier alpha value is -1.58. The highest BCUT2D eigenvalue weighted by atomic mass is 127. The Kier molecular flexibility index (Phi) is 10.7. The molecule has 3 rings (SSSR count). The van der Waals surface area contributed by atoms with Gasteiger partial charge in [0.15, 0.2) is 5.96 Å². The van der Waals surface area contributed by atoms with Gasteiger partial charge in [0.05, 0.1) is 18.8 Å². The average molecular weight is 525 g/mol. The van der Waals surface area contributed by atoms with Gasteiger partial charge in [0.1, 0.15) is 0 Å². The van der Waals surface area contributed by atoms with Crippen molar-refractivity contribution in [3.63, 3.8) is 0 Å². The van der Waals surface area contributed by atoms with Gasteiger partial charge in [0.25, 0.3) is 0 Å². The van der Waals surface area contributed by atoms with E-state index in [1.165, 1.54) is 11.1 Å². The minimum atomic E-state index is 0. The van der Waals surface area contributed by atoms with Crippen molar-refractivity contribution in [2.75, 3.05) is 26.2 Å². The van der Waals surface area contributed by atoms with E-state index in [4.69, 9.17) is 9.73 Å². The molecule has 1 saturated heterocycles. The summed E-state index contributed by atoms with van der Waals surface area (Å²) in [5.41, 5.74) is 2.57. The molecule has 0 bridgehead atoms. The number of hydrogen-bond donors (Lipinski definition) is 2. The molecule has 2 heterocycles. The van der Waals surface area contributed by atoms with Crippen LogP contribution in [0.4, 0.5) is 0 Å². The predicted octanol–water partition coefficient (Wildman–Crippen LogP) is 3.47. The molecule has 0 saturated carbocycles. The topological polar surface area (TPSA) is 53.8 Å². The van der Waals surface area contributed by atoms with Gasteiger partial charge < -0.3 is 19.9 Å². The quantitative estimate of drug-likeness (QED) is 0.315. The van der Waals surface area contributed by atoms with E-state index in [0.29, 0.717) is 18.8 Å². The zero-order valence-electron chi connectivity index (χ0n) is 18.4. The van der Waals surface area contributed by atoms with E-state index in [-0.39, 0.29) is 24.0 Å². The number of morpholine rings is 1. The molecular formula is C23H36IN5O. The molecule has 1 aromatic carbocycles. The third-order valence-electron chi connectivity index (χ3n) is 5.02. The van der Waals surface area contributed by atoms with Gasteiger partial charge in [-0.15, -0.1) is 24.0 Å². The highest BCUT2D eigenvalue weighted by molar-refractivity contribution is 14.0. The third-order valence-corrected chi connectivity index (χ3v) is 5.02. The van der Waals surface area contributed by atoms with E-state index in [1.54, 1.807) is 0 Å². The molecule has 30 heavy (non-hydrogen) atoms. The van der Waals surface area contributed by atoms with E-state index in [1.807, 2.05) is 12.1 Å². The van der Waals surface area contributed by atoms with Crippen LogP contribution in [0, 0.1) is 0 Å². The fraction of sp³-hybridized carbons (Fsp3) is 0.522. The first-order valence-corrected chi connectivity index (χ1v) is 10.7. The Morgan fingerprint density at radius 3 is 2.30 bits per heavy atom. The van der Waals surface area contributed by atoms with Crippen molar-refractivity contribution in [1.29, 1.82) is 0 Å². The minimum Gasteiger partial charge on any atom is -0.373 e. The molecule has 166 valence electrons. The fourth-order valence-electron chi connectivity index (χ4n) is 3.76. The molecule has 1 aromatic heterocycles. The molecular weight excluding hydrogens is 489 g/mol. The Balaban J connectivity index is 0.00000320. The van der Waals surface area contributed by atoms with Gasteiger partial charge in [-0.1, -0.05) is 24.3 Å². The van der Waals surface area contributed by atoms with Gasteiger partial charge >= 0.3 is 0 Å². The number of hydrogen-bond acceptors (Lipinski definition) is 3. The molecule has 1 fully saturated rings. The molecule has 7 heteroatoms. The lowest BCUT2D eigenvalue weighted by atomic mass is 10.1. The first-order chi connectivity index (χ1) is 14.1. The SMILES string of the molecule is CCNC(=NCc1ccc(CN2CC(C)OC(C)C2)cc1)NCCn1cccc1.I. The second-order valence-corrected chi connectivity index (χ2v) is 7.81. The second-order valence-electron chi connectivity index (χ2n) is 7.81. The van der Waals surface area contributed by atoms with E-state index < -0.39 is 0 Å². The number of ether oxygens (including phenoxy) is 1. The first-order valence-electron chi connectivity index (χ1n) is 10.7. The number of benzene rings is 1. The summed E-state index contributed by atoms with van der Waals surface area (Å²) < 4.78 is 7.98. The summed E-state index contributed by atoms with van der Waals surface area (Å²) in [4.78, 5) is 7.20. The molecule has 0 radical (unpaired) electrons. The van der Waals surface area contributed by atoms with Crippen molar-refractivity contribution in [1.82, 2.24) is 20.1 Å². The van der Waals surface area contributed by atoms with Crippen LogP contribution >= 0.6 is 24.0 Å². The molecule has 6 nitrogen and oxygen atoms in total. The van der Waals surface area contributed by atoms with Gasteiger partial charge in [0, 0.05) is 51.7 Å². The Morgan fingerprint density at radius 2 is 1.67 bits per heavy atom. The van der Waals surface area contributed by atoms with Crippen LogP contribution in [0.25, 0.3) is 0 Å². The van der Waals surface area contributed by atoms with Gasteiger partial charge in [-0.2, -0.15) is 0 Å². The lowest BCUT2D eigenvalue weighted by molar-refractivity contribution is -0.0704. The number of aliphatic imine (C=N–C) groups is 1. The van der Waals surface area contributed by atoms with E-state index >= 15 is 0 Å². The van der Waals surface area contributed by atoms with Crippen LogP contribution in [0.1, 0.15) is 31.9 Å². The van der Waals surface area contributed by atoms with Gasteiger partial charge in [-0.3, -0.25) is 4.90 Å². The number of aromatic nitrogens is 1. The van der Waals surface area contributed by atoms with Crippen molar-refractivity contribution in [2.24, 2.45) is 4.99 Å². The molecule has 2 N–H and O–H groups in total. The van der Waals surface area contributed by atoms with Gasteiger partial charge in [0.2, 0.25) is 0 Å². The van der Waals surface area contributed by atoms with Crippen molar-refractivity contribution in [3.05, 3.63) is 59.9 Å². The largest absolute Gasteiger partial charge is 0.373 e. The maximum atomic E-state index is 5.83. The fourth-order valence-corrected chi connectivity index (χ4v) is 3.76. The third kappa shape index (κ3) is 8.28. The number of guanidine groups is 1. The number of nitrogens with zero attached hydrogens (tertiary/aromatic N) is 3. The van der Waals surface area contributed by atoms with Crippen LogP contribution in [-0.4, -0.2) is 53.8 Å². The summed E-state index contributed by atoms with van der Waals surface area (Å²) >= 11 is 0. The van der Waals surface area contributed by atoms with Crippen molar-refractivity contribution >= 4 is 29.9 Å². The van der Waals surface area contributed by atoms with Crippen LogP contribution in [0.2, 0.25) is 0 Å². The maximum absolute atomic E-state index is 5.83. The Morgan fingerprint density at radius 1 is 1.03 bits per heavy atom. The first kappa shape index (κ1) is 24.7. The molecule has 1 aliphatic rings. The normalized spacial score (nSPS) is 19.9. The highest BCUT2D eigenvalue weighted by Gasteiger charge is 2.21. The number of nitrogens with one attached hydrogen (secondary N) is 2. The number of rotatable bonds is 8. The zero-order chi connectivity index (χ0) is 20.5. The van der Waals surface area contributed by atoms with Gasteiger partial charge in [-0.25, -0.2) is 4.99 Å². The Bertz CT molecular complexity index is 737. The average Bonchev–Trinajstić information content (AvgIpc) is 3.20. The van der Waals surface area contributed by atoms with E-state index in [2.05, 4.69) is 77.5 Å². The van der Waals surface area contributed by atoms with Crippen LogP contribution in [0.5, 0.6) is 0 Å². The summed E-state index contributed by atoms with van der Waals surface area (Å²) in [6.07, 6.45) is 4.76. The molecule has 0 aliphatic carbocycles. The molecule has 2 atom stereocenters. The summed E-state index contributed by atoms with van der Waals surface area (Å²) in [5, 5.41) is 6.72. The summed E-state index contributed by atoms with van der Waals surface area (Å²) in [7, 11) is 0. The van der Waals surface area contributed by atoms with E-state index in [9.17, 15) is 0 Å². The summed E-state index contributed by atoms with van der Waals surface area (Å²) in [6, 6.07) is 12.9. The Labute approximate surface area is 198 Å². The minimum absolute atomic E-state index is 0. The van der Waals surface area contributed by atoms with Crippen molar-refractivity contribution in [2.45, 2.75) is 52.6 Å². The zero-order valence-corrected chi connectivity index (χ0v) is 20.7. The monoisotopic (exact) mass is 525 g/mol. The molecule has 0 amide bonds. The van der Waals surface area contributed by atoms with E-state index in [0.717, 1.165) is 45.2 Å². The van der Waals surface area contributed by atoms with Crippen molar-refractivity contribution in [3.8, 4) is 0 Å². The molecule has 2 aromatic rings. The molecule has 2 unspecified atom stereocenters. The standard InChI is InChI=1S/C23H35N5O.HI/c1-4-24-23(25-11-14-27-12-5-6-13-27)26-15-21-7-9-22(10-8-21)18-28-16-19(2)29-20(3)17-28;/h5-10,12-13,19-20H,4,11,14-18H2,1-3H3,(H2,24,25,26);1H. The predicted molar refractivity (Wildman–Crippen MR) is 134 cm³/mol. The van der Waals surface area contributed by atoms with Gasteiger partial charge in [-0.05, 0) is 44.0 Å². The van der Waals surface area contributed by atoms with Crippen LogP contribution in [0.3, 0.4) is 0 Å².